The molecular weight excluding hydrogens is 411 g/mol. The largest absolute Gasteiger partial charge is 0.493 e. The highest BCUT2D eigenvalue weighted by Crippen LogP contribution is 2.30. The average molecular weight is 430 g/mol. The molecule has 0 aliphatic carbocycles. The van der Waals surface area contributed by atoms with E-state index in [0.29, 0.717) is 5.75 Å². The van der Waals surface area contributed by atoms with Gasteiger partial charge in [-0.2, -0.15) is 0 Å². The quantitative estimate of drug-likeness (QED) is 0.593. The molecule has 3 rings (SSSR count). The second-order valence-electron chi connectivity index (χ2n) is 6.13. The third-order valence-corrected chi connectivity index (χ3v) is 5.57. The fourth-order valence-corrected chi connectivity index (χ4v) is 3.72. The van der Waals surface area contributed by atoms with Crippen molar-refractivity contribution in [1.82, 2.24) is 0 Å². The van der Waals surface area contributed by atoms with Crippen LogP contribution in [-0.4, -0.2) is 28.5 Å². The second-order valence-corrected chi connectivity index (χ2v) is 7.82. The molecule has 0 fully saturated rings. The van der Waals surface area contributed by atoms with E-state index in [1.807, 2.05) is 0 Å². The molecule has 0 radical (unpaired) electrons. The molecule has 0 unspecified atom stereocenters. The summed E-state index contributed by atoms with van der Waals surface area (Å²) in [6.45, 7) is 0. The maximum atomic E-state index is 13.7. The van der Waals surface area contributed by atoms with E-state index in [9.17, 15) is 17.6 Å². The van der Waals surface area contributed by atoms with Gasteiger partial charge in [0.05, 0.1) is 24.8 Å². The highest BCUT2D eigenvalue weighted by atomic mass is 32.2. The first-order valence-corrected chi connectivity index (χ1v) is 10.2. The Morgan fingerprint density at radius 2 is 1.57 bits per heavy atom. The predicted molar refractivity (Wildman–Crippen MR) is 111 cm³/mol. The minimum atomic E-state index is -3.89. The molecule has 3 aromatic carbocycles. The number of benzene rings is 3. The zero-order valence-electron chi connectivity index (χ0n) is 16.2. The molecule has 0 aliphatic heterocycles. The molecule has 30 heavy (non-hydrogen) atoms. The Morgan fingerprint density at radius 3 is 2.20 bits per heavy atom. The average Bonchev–Trinajstić information content (AvgIpc) is 2.75. The van der Waals surface area contributed by atoms with Crippen LogP contribution >= 0.6 is 0 Å². The number of rotatable bonds is 7. The lowest BCUT2D eigenvalue weighted by atomic mass is 10.2. The van der Waals surface area contributed by atoms with E-state index >= 15 is 0 Å². The fourth-order valence-electron chi connectivity index (χ4n) is 2.64. The molecule has 0 aliphatic rings. The minimum Gasteiger partial charge on any atom is -0.493 e. The number of carbonyl (C=O) groups is 1. The Labute approximate surface area is 173 Å². The number of carbonyl (C=O) groups excluding carboxylic acids is 1. The lowest BCUT2D eigenvalue weighted by Gasteiger charge is -2.12. The number of halogens is 1. The van der Waals surface area contributed by atoms with Crippen LogP contribution in [0, 0.1) is 5.82 Å². The molecule has 3 aromatic rings. The molecule has 0 bridgehead atoms. The number of nitrogens with one attached hydrogen (secondary N) is 2. The lowest BCUT2D eigenvalue weighted by Crippen LogP contribution is -2.15. The van der Waals surface area contributed by atoms with Crippen molar-refractivity contribution in [2.45, 2.75) is 4.90 Å². The summed E-state index contributed by atoms with van der Waals surface area (Å²) in [6, 6.07) is 15.8. The van der Waals surface area contributed by atoms with Crippen molar-refractivity contribution in [3.05, 3.63) is 78.1 Å². The van der Waals surface area contributed by atoms with Crippen LogP contribution in [0.2, 0.25) is 0 Å². The van der Waals surface area contributed by atoms with E-state index in [0.717, 1.165) is 0 Å². The Morgan fingerprint density at radius 1 is 0.900 bits per heavy atom. The summed E-state index contributed by atoms with van der Waals surface area (Å²) >= 11 is 0. The Hall–Kier alpha value is -3.59. The number of ether oxygens (including phenoxy) is 2. The number of sulfonamides is 1. The van der Waals surface area contributed by atoms with Crippen molar-refractivity contribution in [1.29, 1.82) is 0 Å². The first kappa shape index (κ1) is 21.1. The van der Waals surface area contributed by atoms with Gasteiger partial charge in [-0.05, 0) is 48.5 Å². The molecule has 2 N–H and O–H groups in total. The molecule has 1 amide bonds. The summed E-state index contributed by atoms with van der Waals surface area (Å²) in [5, 5.41) is 2.47. The van der Waals surface area contributed by atoms with Gasteiger partial charge in [0.25, 0.3) is 15.9 Å². The third kappa shape index (κ3) is 4.69. The zero-order valence-corrected chi connectivity index (χ0v) is 17.0. The molecular formula is C21H19FN2O5S. The van der Waals surface area contributed by atoms with Crippen molar-refractivity contribution < 1.29 is 27.1 Å². The summed E-state index contributed by atoms with van der Waals surface area (Å²) in [6.07, 6.45) is 0. The number of methoxy groups -OCH3 is 2. The fraction of sp³-hybridized carbons (Fsp3) is 0.0952. The first-order valence-electron chi connectivity index (χ1n) is 8.75. The molecule has 0 aromatic heterocycles. The predicted octanol–water partition coefficient (Wildman–Crippen LogP) is 3.90. The Balaban J connectivity index is 1.75. The second kappa shape index (κ2) is 8.83. The normalized spacial score (nSPS) is 10.9. The van der Waals surface area contributed by atoms with Crippen molar-refractivity contribution in [2.75, 3.05) is 24.3 Å². The van der Waals surface area contributed by atoms with E-state index < -0.39 is 21.7 Å². The zero-order chi connectivity index (χ0) is 21.7. The molecule has 0 saturated heterocycles. The molecule has 156 valence electrons. The third-order valence-electron chi connectivity index (χ3n) is 4.19. The van der Waals surface area contributed by atoms with Crippen molar-refractivity contribution in [3.63, 3.8) is 0 Å². The number of hydrogen-bond donors (Lipinski definition) is 2. The maximum Gasteiger partial charge on any atom is 0.262 e. The molecule has 0 spiro atoms. The van der Waals surface area contributed by atoms with Gasteiger partial charge in [-0.25, -0.2) is 12.8 Å². The van der Waals surface area contributed by atoms with Crippen LogP contribution in [0.25, 0.3) is 0 Å². The maximum absolute atomic E-state index is 13.7. The van der Waals surface area contributed by atoms with E-state index in [4.69, 9.17) is 9.47 Å². The van der Waals surface area contributed by atoms with Gasteiger partial charge < -0.3 is 14.8 Å². The van der Waals surface area contributed by atoms with Gasteiger partial charge >= 0.3 is 0 Å². The van der Waals surface area contributed by atoms with Gasteiger partial charge in [0.2, 0.25) is 0 Å². The number of anilines is 2. The highest BCUT2D eigenvalue weighted by Gasteiger charge is 2.18. The van der Waals surface area contributed by atoms with E-state index in [2.05, 4.69) is 10.0 Å². The van der Waals surface area contributed by atoms with Crippen molar-refractivity contribution in [2.24, 2.45) is 0 Å². The first-order chi connectivity index (χ1) is 14.3. The monoisotopic (exact) mass is 430 g/mol. The van der Waals surface area contributed by atoms with Gasteiger partial charge in [0, 0.05) is 17.3 Å². The summed E-state index contributed by atoms with van der Waals surface area (Å²) in [4.78, 5) is 12.3. The minimum absolute atomic E-state index is 0.0125. The molecule has 0 heterocycles. The Kier molecular flexibility index (Phi) is 6.22. The standard InChI is InChI=1S/C21H19FN2O5S/c1-28-19-12-11-16(13-20(19)29-2)30(26,27)24-15-9-7-14(8-10-15)21(25)23-18-6-4-3-5-17(18)22/h3-13,24H,1-2H3,(H,23,25). The van der Waals surface area contributed by atoms with Crippen LogP contribution < -0.4 is 19.5 Å². The van der Waals surface area contributed by atoms with Crippen molar-refractivity contribution >= 4 is 27.3 Å². The number of hydrogen-bond acceptors (Lipinski definition) is 5. The molecule has 0 atom stereocenters. The number of amides is 1. The van der Waals surface area contributed by atoms with Gasteiger partial charge in [-0.3, -0.25) is 9.52 Å². The van der Waals surface area contributed by atoms with Crippen LogP contribution in [0.4, 0.5) is 15.8 Å². The lowest BCUT2D eigenvalue weighted by molar-refractivity contribution is 0.102. The van der Waals surface area contributed by atoms with Crippen LogP contribution in [0.3, 0.4) is 0 Å². The van der Waals surface area contributed by atoms with Gasteiger partial charge in [-0.15, -0.1) is 0 Å². The Bertz CT molecular complexity index is 1160. The molecule has 0 saturated carbocycles. The van der Waals surface area contributed by atoms with Gasteiger partial charge in [0.15, 0.2) is 11.5 Å². The van der Waals surface area contributed by atoms with Gasteiger partial charge in [-0.1, -0.05) is 12.1 Å². The topological polar surface area (TPSA) is 93.7 Å². The van der Waals surface area contributed by atoms with Crippen LogP contribution in [0.1, 0.15) is 10.4 Å². The highest BCUT2D eigenvalue weighted by molar-refractivity contribution is 7.92. The number of para-hydroxylation sites is 1. The van der Waals surface area contributed by atoms with E-state index in [-0.39, 0.29) is 27.6 Å². The van der Waals surface area contributed by atoms with Gasteiger partial charge in [0.1, 0.15) is 5.82 Å². The van der Waals surface area contributed by atoms with E-state index in [1.165, 1.54) is 74.9 Å². The summed E-state index contributed by atoms with van der Waals surface area (Å²) in [7, 11) is -1.03. The summed E-state index contributed by atoms with van der Waals surface area (Å²) in [5.41, 5.74) is 0.556. The smallest absolute Gasteiger partial charge is 0.262 e. The van der Waals surface area contributed by atoms with Crippen LogP contribution in [0.15, 0.2) is 71.6 Å². The summed E-state index contributed by atoms with van der Waals surface area (Å²) in [5.74, 6) is -0.387. The molecule has 9 heteroatoms. The van der Waals surface area contributed by atoms with Crippen LogP contribution in [-0.2, 0) is 10.0 Å². The van der Waals surface area contributed by atoms with Crippen LogP contribution in [0.5, 0.6) is 11.5 Å². The molecule has 7 nitrogen and oxygen atoms in total. The SMILES string of the molecule is COc1ccc(S(=O)(=O)Nc2ccc(C(=O)Nc3ccccc3F)cc2)cc1OC. The van der Waals surface area contributed by atoms with Crippen molar-refractivity contribution in [3.8, 4) is 11.5 Å². The summed E-state index contributed by atoms with van der Waals surface area (Å²) < 4.78 is 51.6. The van der Waals surface area contributed by atoms with E-state index in [1.54, 1.807) is 6.07 Å².